The van der Waals surface area contributed by atoms with E-state index in [2.05, 4.69) is 18.8 Å². The molecule has 2 atom stereocenters. The molecular formula is C18H23FOS. The Balaban J connectivity index is 1.95. The van der Waals surface area contributed by atoms with Gasteiger partial charge in [0.05, 0.1) is 6.61 Å². The molecule has 1 aliphatic rings. The molecule has 2 rings (SSSR count). The highest BCUT2D eigenvalue weighted by Crippen LogP contribution is 2.33. The summed E-state index contributed by atoms with van der Waals surface area (Å²) in [5.41, 5.74) is 1.71. The van der Waals surface area contributed by atoms with Crippen LogP contribution >= 0.6 is 11.8 Å². The zero-order valence-corrected chi connectivity index (χ0v) is 13.4. The number of aliphatic hydroxyl groups is 1. The van der Waals surface area contributed by atoms with Gasteiger partial charge in [0.1, 0.15) is 5.82 Å². The Morgan fingerprint density at radius 3 is 2.95 bits per heavy atom. The minimum Gasteiger partial charge on any atom is -0.395 e. The van der Waals surface area contributed by atoms with Crippen LogP contribution in [-0.2, 0) is 5.75 Å². The van der Waals surface area contributed by atoms with E-state index >= 15 is 0 Å². The van der Waals surface area contributed by atoms with Crippen molar-refractivity contribution in [3.8, 4) is 11.8 Å². The Morgan fingerprint density at radius 1 is 1.33 bits per heavy atom. The van der Waals surface area contributed by atoms with E-state index in [4.69, 9.17) is 5.11 Å². The van der Waals surface area contributed by atoms with Crippen LogP contribution in [0.5, 0.6) is 0 Å². The van der Waals surface area contributed by atoms with Crippen molar-refractivity contribution in [3.05, 3.63) is 35.1 Å². The Labute approximate surface area is 131 Å². The van der Waals surface area contributed by atoms with Crippen LogP contribution < -0.4 is 0 Å². The molecule has 1 aliphatic carbocycles. The Kier molecular flexibility index (Phi) is 6.60. The van der Waals surface area contributed by atoms with Crippen molar-refractivity contribution in [2.24, 2.45) is 5.92 Å². The predicted octanol–water partition coefficient (Wildman–Crippen LogP) is 4.37. The molecule has 2 unspecified atom stereocenters. The third-order valence-corrected chi connectivity index (χ3v) is 5.20. The van der Waals surface area contributed by atoms with Gasteiger partial charge in [-0.3, -0.25) is 0 Å². The summed E-state index contributed by atoms with van der Waals surface area (Å²) in [5.74, 6) is 7.21. The largest absolute Gasteiger partial charge is 0.395 e. The second kappa shape index (κ2) is 8.46. The first-order valence-electron chi connectivity index (χ1n) is 7.68. The number of thioether (sulfide) groups is 1. The van der Waals surface area contributed by atoms with Gasteiger partial charge in [-0.1, -0.05) is 31.6 Å². The molecule has 114 valence electrons. The highest BCUT2D eigenvalue weighted by atomic mass is 32.2. The lowest BCUT2D eigenvalue weighted by molar-refractivity contribution is 0.305. The first-order valence-corrected chi connectivity index (χ1v) is 8.73. The van der Waals surface area contributed by atoms with E-state index in [1.807, 2.05) is 17.8 Å². The predicted molar refractivity (Wildman–Crippen MR) is 87.7 cm³/mol. The molecule has 1 aromatic carbocycles. The van der Waals surface area contributed by atoms with Gasteiger partial charge in [0.15, 0.2) is 0 Å². The highest BCUT2D eigenvalue weighted by Gasteiger charge is 2.19. The number of halogens is 1. The molecule has 1 fully saturated rings. The molecule has 1 nitrogen and oxygen atoms in total. The van der Waals surface area contributed by atoms with Gasteiger partial charge in [-0.05, 0) is 42.5 Å². The van der Waals surface area contributed by atoms with Crippen molar-refractivity contribution in [1.82, 2.24) is 0 Å². The van der Waals surface area contributed by atoms with Gasteiger partial charge in [0.2, 0.25) is 0 Å². The standard InChI is InChI=1S/C18H23FOS/c1-14-5-4-7-18(9-14)21-13-16-10-15(6-2-3-8-20)11-17(19)12-16/h10-12,14,18,20H,3-5,7-9,13H2,1H3. The highest BCUT2D eigenvalue weighted by molar-refractivity contribution is 7.99. The van der Waals surface area contributed by atoms with Crippen LogP contribution in [0.15, 0.2) is 18.2 Å². The van der Waals surface area contributed by atoms with Crippen LogP contribution in [0.3, 0.4) is 0 Å². The summed E-state index contributed by atoms with van der Waals surface area (Å²) in [7, 11) is 0. The van der Waals surface area contributed by atoms with Gasteiger partial charge in [-0.15, -0.1) is 0 Å². The lowest BCUT2D eigenvalue weighted by Gasteiger charge is -2.26. The van der Waals surface area contributed by atoms with Gasteiger partial charge in [0.25, 0.3) is 0 Å². The summed E-state index contributed by atoms with van der Waals surface area (Å²) in [4.78, 5) is 0. The van der Waals surface area contributed by atoms with Crippen LogP contribution in [0.4, 0.5) is 4.39 Å². The maximum Gasteiger partial charge on any atom is 0.124 e. The summed E-state index contributed by atoms with van der Waals surface area (Å²) in [6.45, 7) is 2.37. The number of benzene rings is 1. The molecule has 0 aromatic heterocycles. The Bertz CT molecular complexity index is 518. The molecule has 1 saturated carbocycles. The van der Waals surface area contributed by atoms with Crippen molar-refractivity contribution < 1.29 is 9.50 Å². The molecule has 0 aliphatic heterocycles. The Morgan fingerprint density at radius 2 is 2.19 bits per heavy atom. The molecular weight excluding hydrogens is 283 g/mol. The molecule has 3 heteroatoms. The molecule has 0 saturated heterocycles. The van der Waals surface area contributed by atoms with Crippen molar-refractivity contribution in [2.45, 2.75) is 50.0 Å². The fourth-order valence-corrected chi connectivity index (χ4v) is 4.16. The van der Waals surface area contributed by atoms with Gasteiger partial charge in [0, 0.05) is 23.0 Å². The third kappa shape index (κ3) is 5.73. The molecule has 0 bridgehead atoms. The second-order valence-electron chi connectivity index (χ2n) is 5.83. The van der Waals surface area contributed by atoms with Crippen molar-refractivity contribution in [2.75, 3.05) is 6.61 Å². The molecule has 1 aromatic rings. The zero-order chi connectivity index (χ0) is 15.1. The maximum atomic E-state index is 13.6. The van der Waals surface area contributed by atoms with Crippen LogP contribution in [0.25, 0.3) is 0 Å². The lowest BCUT2D eigenvalue weighted by Crippen LogP contribution is -2.15. The number of hydrogen-bond donors (Lipinski definition) is 1. The lowest BCUT2D eigenvalue weighted by atomic mass is 9.91. The quantitative estimate of drug-likeness (QED) is 0.834. The van der Waals surface area contributed by atoms with E-state index in [1.54, 1.807) is 6.07 Å². The normalized spacial score (nSPS) is 21.7. The summed E-state index contributed by atoms with van der Waals surface area (Å²) >= 11 is 1.95. The fraction of sp³-hybridized carbons (Fsp3) is 0.556. The molecule has 0 spiro atoms. The Hall–Kier alpha value is -0.980. The number of hydrogen-bond acceptors (Lipinski definition) is 2. The molecule has 0 amide bonds. The van der Waals surface area contributed by atoms with E-state index in [0.29, 0.717) is 17.2 Å². The SMILES string of the molecule is CC1CCCC(SCc2cc(F)cc(C#CCCO)c2)C1. The molecule has 21 heavy (non-hydrogen) atoms. The fourth-order valence-electron chi connectivity index (χ4n) is 2.77. The summed E-state index contributed by atoms with van der Waals surface area (Å²) in [6.07, 6.45) is 5.67. The second-order valence-corrected chi connectivity index (χ2v) is 7.12. The smallest absolute Gasteiger partial charge is 0.124 e. The van der Waals surface area contributed by atoms with E-state index in [-0.39, 0.29) is 12.4 Å². The summed E-state index contributed by atoms with van der Waals surface area (Å²) in [6, 6.07) is 5.03. The van der Waals surface area contributed by atoms with Crippen LogP contribution in [0.2, 0.25) is 0 Å². The van der Waals surface area contributed by atoms with E-state index in [0.717, 1.165) is 17.2 Å². The third-order valence-electron chi connectivity index (χ3n) is 3.80. The summed E-state index contributed by atoms with van der Waals surface area (Å²) in [5, 5.41) is 9.43. The van der Waals surface area contributed by atoms with Gasteiger partial charge in [-0.2, -0.15) is 11.8 Å². The van der Waals surface area contributed by atoms with Crippen molar-refractivity contribution in [3.63, 3.8) is 0 Å². The maximum absolute atomic E-state index is 13.6. The minimum absolute atomic E-state index is 0.0465. The first-order chi connectivity index (χ1) is 10.2. The van der Waals surface area contributed by atoms with E-state index in [9.17, 15) is 4.39 Å². The molecule has 0 heterocycles. The number of aliphatic hydroxyl groups excluding tert-OH is 1. The summed E-state index contributed by atoms with van der Waals surface area (Å²) < 4.78 is 13.6. The van der Waals surface area contributed by atoms with Gasteiger partial charge >= 0.3 is 0 Å². The van der Waals surface area contributed by atoms with Crippen LogP contribution in [0.1, 0.15) is 50.2 Å². The monoisotopic (exact) mass is 306 g/mol. The zero-order valence-electron chi connectivity index (χ0n) is 12.6. The van der Waals surface area contributed by atoms with E-state index < -0.39 is 0 Å². The van der Waals surface area contributed by atoms with Gasteiger partial charge < -0.3 is 5.11 Å². The molecule has 0 radical (unpaired) electrons. The first kappa shape index (κ1) is 16.4. The van der Waals surface area contributed by atoms with Crippen LogP contribution in [0, 0.1) is 23.6 Å². The number of rotatable bonds is 4. The van der Waals surface area contributed by atoms with Gasteiger partial charge in [-0.25, -0.2) is 4.39 Å². The molecule has 1 N–H and O–H groups in total. The topological polar surface area (TPSA) is 20.2 Å². The van der Waals surface area contributed by atoms with Crippen molar-refractivity contribution >= 4 is 11.8 Å². The van der Waals surface area contributed by atoms with E-state index in [1.165, 1.54) is 31.7 Å². The minimum atomic E-state index is -0.224. The average molecular weight is 306 g/mol. The van der Waals surface area contributed by atoms with Crippen molar-refractivity contribution in [1.29, 1.82) is 0 Å². The average Bonchev–Trinajstić information content (AvgIpc) is 2.45. The van der Waals surface area contributed by atoms with Crippen LogP contribution in [-0.4, -0.2) is 17.0 Å².